The summed E-state index contributed by atoms with van der Waals surface area (Å²) in [7, 11) is 0. The summed E-state index contributed by atoms with van der Waals surface area (Å²) in [6.07, 6.45) is 3.31. The molecule has 0 aliphatic carbocycles. The lowest BCUT2D eigenvalue weighted by Gasteiger charge is -2.09. The summed E-state index contributed by atoms with van der Waals surface area (Å²) >= 11 is 1.83. The Morgan fingerprint density at radius 1 is 0.595 bits per heavy atom. The number of hydrogen-bond acceptors (Lipinski definition) is 4. The third-order valence-electron chi connectivity index (χ3n) is 6.77. The number of aromatic nitrogens is 2. The van der Waals surface area contributed by atoms with Crippen LogP contribution in [0.2, 0.25) is 0 Å². The molecule has 7 aromatic rings. The molecule has 3 aromatic heterocycles. The maximum Gasteiger partial charge on any atom is 0.101 e. The minimum atomic E-state index is 0.526. The lowest BCUT2D eigenvalue weighted by Crippen LogP contribution is -1.89. The molecule has 0 fully saturated rings. The molecule has 7 rings (SSSR count). The summed E-state index contributed by atoms with van der Waals surface area (Å²) in [5.74, 6) is 0. The number of fused-ring (bicyclic) bond motifs is 5. The molecule has 0 aliphatic heterocycles. The molecule has 4 aromatic carbocycles. The van der Waals surface area contributed by atoms with Gasteiger partial charge in [0.25, 0.3) is 0 Å². The maximum atomic E-state index is 9.24. The number of rotatable bonds is 3. The fourth-order valence-electron chi connectivity index (χ4n) is 5.05. The molecule has 0 radical (unpaired) electrons. The quantitative estimate of drug-likeness (QED) is 0.249. The molecule has 0 saturated heterocycles. The van der Waals surface area contributed by atoms with Gasteiger partial charge in [-0.05, 0) is 52.2 Å². The lowest BCUT2D eigenvalue weighted by molar-refractivity contribution is 1.26. The molecule has 37 heavy (non-hydrogen) atoms. The van der Waals surface area contributed by atoms with E-state index in [-0.39, 0.29) is 0 Å². The summed E-state index contributed by atoms with van der Waals surface area (Å²) < 4.78 is 2.52. The van der Waals surface area contributed by atoms with Crippen LogP contribution in [0, 0.1) is 11.3 Å². The third kappa shape index (κ3) is 3.65. The zero-order valence-electron chi connectivity index (χ0n) is 19.7. The number of benzene rings is 4. The lowest BCUT2D eigenvalue weighted by atomic mass is 9.95. The van der Waals surface area contributed by atoms with Gasteiger partial charge >= 0.3 is 0 Å². The van der Waals surface area contributed by atoms with E-state index in [1.807, 2.05) is 35.6 Å². The van der Waals surface area contributed by atoms with Crippen molar-refractivity contribution in [2.24, 2.45) is 0 Å². The van der Waals surface area contributed by atoms with Crippen LogP contribution in [-0.2, 0) is 0 Å². The van der Waals surface area contributed by atoms with Crippen LogP contribution in [0.5, 0.6) is 0 Å². The van der Waals surface area contributed by atoms with Gasteiger partial charge in [0.05, 0.1) is 17.0 Å². The van der Waals surface area contributed by atoms with Crippen LogP contribution in [0.1, 0.15) is 5.56 Å². The van der Waals surface area contributed by atoms with Crippen LogP contribution < -0.4 is 0 Å². The molecule has 0 unspecified atom stereocenters. The number of pyridine rings is 2. The molecule has 0 aliphatic rings. The molecule has 0 saturated carbocycles. The van der Waals surface area contributed by atoms with Crippen molar-refractivity contribution < 1.29 is 0 Å². The first-order chi connectivity index (χ1) is 18.3. The van der Waals surface area contributed by atoms with Gasteiger partial charge in [-0.3, -0.25) is 4.98 Å². The normalized spacial score (nSPS) is 11.2. The van der Waals surface area contributed by atoms with E-state index < -0.39 is 0 Å². The van der Waals surface area contributed by atoms with Crippen molar-refractivity contribution in [3.05, 3.63) is 121 Å². The number of hydrogen-bond donors (Lipinski definition) is 0. The summed E-state index contributed by atoms with van der Waals surface area (Å²) in [6, 6.07) is 38.2. The van der Waals surface area contributed by atoms with Crippen molar-refractivity contribution in [2.75, 3.05) is 0 Å². The molecule has 172 valence electrons. The molecular weight excluding hydrogens is 470 g/mol. The van der Waals surface area contributed by atoms with E-state index in [4.69, 9.17) is 4.98 Å². The van der Waals surface area contributed by atoms with Crippen LogP contribution in [0.3, 0.4) is 0 Å². The van der Waals surface area contributed by atoms with Crippen molar-refractivity contribution in [1.82, 2.24) is 9.97 Å². The predicted octanol–water partition coefficient (Wildman–Crippen LogP) is 8.87. The molecule has 0 atom stereocenters. The van der Waals surface area contributed by atoms with E-state index in [1.165, 1.54) is 42.1 Å². The Labute approximate surface area is 217 Å². The van der Waals surface area contributed by atoms with E-state index in [1.54, 1.807) is 12.4 Å². The molecule has 0 amide bonds. The molecule has 4 heteroatoms. The molecule has 3 nitrogen and oxygen atoms in total. The van der Waals surface area contributed by atoms with Crippen molar-refractivity contribution in [3.8, 4) is 39.7 Å². The molecular formula is C33H19N3S. The molecule has 0 N–H and O–H groups in total. The summed E-state index contributed by atoms with van der Waals surface area (Å²) in [6.45, 7) is 0. The van der Waals surface area contributed by atoms with E-state index in [2.05, 4.69) is 89.9 Å². The van der Waals surface area contributed by atoms with Gasteiger partial charge in [-0.2, -0.15) is 5.26 Å². The van der Waals surface area contributed by atoms with Gasteiger partial charge in [0.2, 0.25) is 0 Å². The van der Waals surface area contributed by atoms with Crippen LogP contribution in [0.4, 0.5) is 0 Å². The fraction of sp³-hybridized carbons (Fsp3) is 0. The standard InChI is InChI=1S/C33H19N3S/c34-18-21-15-24(20-35-19-21)30-12-6-11-29(36-30)23-13-14-27-31(16-23)37-32-17-28(22-7-2-1-3-8-22)25-9-4-5-10-26(25)33(27)32/h1-17,19-20H. The average Bonchev–Trinajstić information content (AvgIpc) is 3.35. The zero-order valence-corrected chi connectivity index (χ0v) is 20.5. The molecule has 0 bridgehead atoms. The van der Waals surface area contributed by atoms with Gasteiger partial charge < -0.3 is 0 Å². The van der Waals surface area contributed by atoms with Gasteiger partial charge in [-0.1, -0.05) is 72.8 Å². The maximum absolute atomic E-state index is 9.24. The average molecular weight is 490 g/mol. The second kappa shape index (κ2) is 8.67. The van der Waals surface area contributed by atoms with Gasteiger partial charge in [0, 0.05) is 43.7 Å². The Morgan fingerprint density at radius 2 is 1.38 bits per heavy atom. The monoisotopic (exact) mass is 489 g/mol. The van der Waals surface area contributed by atoms with Gasteiger partial charge in [-0.15, -0.1) is 11.3 Å². The van der Waals surface area contributed by atoms with Crippen molar-refractivity contribution >= 4 is 42.3 Å². The first kappa shape index (κ1) is 21.4. The summed E-state index contributed by atoms with van der Waals surface area (Å²) in [5, 5.41) is 14.4. The third-order valence-corrected chi connectivity index (χ3v) is 7.87. The number of nitrogens with zero attached hydrogens (tertiary/aromatic N) is 3. The van der Waals surface area contributed by atoms with Crippen molar-refractivity contribution in [2.45, 2.75) is 0 Å². The van der Waals surface area contributed by atoms with Crippen LogP contribution in [-0.4, -0.2) is 9.97 Å². The highest BCUT2D eigenvalue weighted by Crippen LogP contribution is 2.43. The van der Waals surface area contributed by atoms with E-state index >= 15 is 0 Å². The van der Waals surface area contributed by atoms with E-state index in [0.29, 0.717) is 5.56 Å². The van der Waals surface area contributed by atoms with Crippen LogP contribution >= 0.6 is 11.3 Å². The number of nitriles is 1. The Kier molecular flexibility index (Phi) is 5.02. The summed E-state index contributed by atoms with van der Waals surface area (Å²) in [4.78, 5) is 9.10. The molecule has 0 spiro atoms. The Hall–Kier alpha value is -4.85. The second-order valence-corrected chi connectivity index (χ2v) is 10.1. The Balaban J connectivity index is 1.40. The zero-order chi connectivity index (χ0) is 24.8. The topological polar surface area (TPSA) is 49.6 Å². The first-order valence-electron chi connectivity index (χ1n) is 12.0. The molecule has 3 heterocycles. The van der Waals surface area contributed by atoms with Crippen molar-refractivity contribution in [1.29, 1.82) is 5.26 Å². The minimum Gasteiger partial charge on any atom is -0.263 e. The highest BCUT2D eigenvalue weighted by molar-refractivity contribution is 7.26. The van der Waals surface area contributed by atoms with E-state index in [0.717, 1.165) is 22.5 Å². The largest absolute Gasteiger partial charge is 0.263 e. The minimum absolute atomic E-state index is 0.526. The smallest absolute Gasteiger partial charge is 0.101 e. The first-order valence-corrected chi connectivity index (χ1v) is 12.9. The Bertz CT molecular complexity index is 2000. The predicted molar refractivity (Wildman–Crippen MR) is 153 cm³/mol. The second-order valence-electron chi connectivity index (χ2n) is 9.00. The fourth-order valence-corrected chi connectivity index (χ4v) is 6.25. The highest BCUT2D eigenvalue weighted by atomic mass is 32.1. The van der Waals surface area contributed by atoms with Gasteiger partial charge in [-0.25, -0.2) is 4.98 Å². The van der Waals surface area contributed by atoms with Crippen LogP contribution in [0.25, 0.3) is 64.6 Å². The van der Waals surface area contributed by atoms with E-state index in [9.17, 15) is 5.26 Å². The SMILES string of the molecule is N#Cc1cncc(-c2cccc(-c3ccc4c(c3)sc3cc(-c5ccccc5)c5ccccc5c34)n2)c1. The highest BCUT2D eigenvalue weighted by Gasteiger charge is 2.14. The Morgan fingerprint density at radius 3 is 2.22 bits per heavy atom. The van der Waals surface area contributed by atoms with Crippen LogP contribution in [0.15, 0.2) is 116 Å². The van der Waals surface area contributed by atoms with Crippen molar-refractivity contribution in [3.63, 3.8) is 0 Å². The van der Waals surface area contributed by atoms with Gasteiger partial charge in [0.15, 0.2) is 0 Å². The number of thiophene rings is 1. The van der Waals surface area contributed by atoms with Gasteiger partial charge in [0.1, 0.15) is 6.07 Å². The summed E-state index contributed by atoms with van der Waals surface area (Å²) in [5.41, 5.74) is 6.62.